The predicted octanol–water partition coefficient (Wildman–Crippen LogP) is 4.46. The number of carbonyl (C=O) groups is 1. The molecule has 0 saturated heterocycles. The number of nitrogens with zero attached hydrogens (tertiary/aromatic N) is 3. The van der Waals surface area contributed by atoms with Crippen LogP contribution in [-0.2, 0) is 17.9 Å². The maximum absolute atomic E-state index is 13.0. The van der Waals surface area contributed by atoms with Crippen LogP contribution < -0.4 is 5.56 Å². The summed E-state index contributed by atoms with van der Waals surface area (Å²) in [6, 6.07) is 25.8. The van der Waals surface area contributed by atoms with Crippen molar-refractivity contribution in [3.8, 4) is 11.5 Å². The maximum atomic E-state index is 13.0. The molecule has 0 aliphatic rings. The van der Waals surface area contributed by atoms with E-state index in [1.807, 2.05) is 60.7 Å². The molecule has 33 heavy (non-hydrogen) atoms. The van der Waals surface area contributed by atoms with E-state index in [0.29, 0.717) is 22.4 Å². The minimum atomic E-state index is -0.641. The molecule has 0 atom stereocenters. The van der Waals surface area contributed by atoms with E-state index in [4.69, 9.17) is 9.15 Å². The van der Waals surface area contributed by atoms with Gasteiger partial charge in [-0.1, -0.05) is 66.7 Å². The number of hydrogen-bond acceptors (Lipinski definition) is 6. The zero-order valence-corrected chi connectivity index (χ0v) is 17.5. The molecule has 2 aromatic heterocycles. The summed E-state index contributed by atoms with van der Waals surface area (Å²) in [5, 5.41) is 5.20. The Bertz CT molecular complexity index is 1470. The van der Waals surface area contributed by atoms with Gasteiger partial charge >= 0.3 is 5.97 Å². The van der Waals surface area contributed by atoms with Crippen molar-refractivity contribution in [3.05, 3.63) is 118 Å². The van der Waals surface area contributed by atoms with Crippen LogP contribution in [0.3, 0.4) is 0 Å². The summed E-state index contributed by atoms with van der Waals surface area (Å²) in [6.45, 7) is 0.164. The Morgan fingerprint density at radius 2 is 1.55 bits per heavy atom. The molecular formula is C26H19N3O4. The lowest BCUT2D eigenvalue weighted by molar-refractivity contribution is 0.0460. The second-order valence-corrected chi connectivity index (χ2v) is 7.43. The molecule has 0 amide bonds. The quantitative estimate of drug-likeness (QED) is 0.365. The average molecular weight is 437 g/mol. The van der Waals surface area contributed by atoms with Crippen LogP contribution in [0.2, 0.25) is 0 Å². The standard InChI is InChI=1S/C26H19N3O4/c30-25-22-14-8-7-13-21(22)23(28-29(25)15-18-9-3-1-4-10-18)26(31)33-17-20-16-32-24(27-20)19-11-5-2-6-12-19/h1-14,16H,15,17H2. The van der Waals surface area contributed by atoms with Crippen LogP contribution in [0.1, 0.15) is 21.7 Å². The molecule has 5 aromatic rings. The largest absolute Gasteiger partial charge is 0.454 e. The van der Waals surface area contributed by atoms with E-state index in [9.17, 15) is 9.59 Å². The third-order valence-electron chi connectivity index (χ3n) is 5.16. The first-order valence-electron chi connectivity index (χ1n) is 10.4. The second-order valence-electron chi connectivity index (χ2n) is 7.43. The topological polar surface area (TPSA) is 87.2 Å². The summed E-state index contributed by atoms with van der Waals surface area (Å²) < 4.78 is 12.3. The third-order valence-corrected chi connectivity index (χ3v) is 5.16. The molecular weight excluding hydrogens is 418 g/mol. The van der Waals surface area contributed by atoms with Gasteiger partial charge in [-0.25, -0.2) is 14.5 Å². The molecule has 0 unspecified atom stereocenters. The van der Waals surface area contributed by atoms with Gasteiger partial charge in [0.1, 0.15) is 18.6 Å². The lowest BCUT2D eigenvalue weighted by Gasteiger charge is -2.10. The summed E-state index contributed by atoms with van der Waals surface area (Å²) >= 11 is 0. The van der Waals surface area contributed by atoms with Gasteiger partial charge in [-0.2, -0.15) is 5.10 Å². The van der Waals surface area contributed by atoms with Gasteiger partial charge < -0.3 is 9.15 Å². The van der Waals surface area contributed by atoms with E-state index in [0.717, 1.165) is 11.1 Å². The summed E-state index contributed by atoms with van der Waals surface area (Å²) in [7, 11) is 0. The van der Waals surface area contributed by atoms with Gasteiger partial charge in [0.05, 0.1) is 11.9 Å². The fourth-order valence-corrected chi connectivity index (χ4v) is 3.54. The van der Waals surface area contributed by atoms with Crippen LogP contribution in [0, 0.1) is 0 Å². The number of aromatic nitrogens is 3. The molecule has 0 N–H and O–H groups in total. The Morgan fingerprint density at radius 3 is 2.30 bits per heavy atom. The molecule has 3 aromatic carbocycles. The number of benzene rings is 3. The van der Waals surface area contributed by atoms with Crippen molar-refractivity contribution in [2.24, 2.45) is 0 Å². The lowest BCUT2D eigenvalue weighted by Crippen LogP contribution is -2.27. The number of fused-ring (bicyclic) bond motifs is 1. The molecule has 162 valence electrons. The summed E-state index contributed by atoms with van der Waals surface area (Å²) in [4.78, 5) is 30.3. The van der Waals surface area contributed by atoms with Gasteiger partial charge in [-0.05, 0) is 23.8 Å². The second kappa shape index (κ2) is 8.92. The molecule has 0 saturated carbocycles. The normalized spacial score (nSPS) is 10.9. The van der Waals surface area contributed by atoms with Crippen molar-refractivity contribution in [2.75, 3.05) is 0 Å². The van der Waals surface area contributed by atoms with Crippen LogP contribution in [0.15, 0.2) is 100 Å². The van der Waals surface area contributed by atoms with E-state index in [1.165, 1.54) is 10.9 Å². The smallest absolute Gasteiger partial charge is 0.359 e. The van der Waals surface area contributed by atoms with Crippen molar-refractivity contribution in [1.29, 1.82) is 0 Å². The van der Waals surface area contributed by atoms with Crippen LogP contribution in [0.5, 0.6) is 0 Å². The number of ether oxygens (including phenoxy) is 1. The molecule has 0 bridgehead atoms. The van der Waals surface area contributed by atoms with E-state index in [1.54, 1.807) is 24.3 Å². The first-order chi connectivity index (χ1) is 16.2. The fraction of sp³-hybridized carbons (Fsp3) is 0.0769. The Labute approximate surface area is 188 Å². The fourth-order valence-electron chi connectivity index (χ4n) is 3.54. The van der Waals surface area contributed by atoms with Gasteiger partial charge in [0.15, 0.2) is 5.69 Å². The van der Waals surface area contributed by atoms with E-state index >= 15 is 0 Å². The number of oxazole rings is 1. The van der Waals surface area contributed by atoms with Crippen molar-refractivity contribution in [2.45, 2.75) is 13.2 Å². The van der Waals surface area contributed by atoms with Crippen molar-refractivity contribution in [3.63, 3.8) is 0 Å². The van der Waals surface area contributed by atoms with Crippen molar-refractivity contribution < 1.29 is 13.9 Å². The first kappa shape index (κ1) is 20.4. The van der Waals surface area contributed by atoms with Gasteiger partial charge in [-0.15, -0.1) is 0 Å². The lowest BCUT2D eigenvalue weighted by atomic mass is 10.1. The maximum Gasteiger partial charge on any atom is 0.359 e. The monoisotopic (exact) mass is 437 g/mol. The summed E-state index contributed by atoms with van der Waals surface area (Å²) in [6.07, 6.45) is 1.46. The number of esters is 1. The first-order valence-corrected chi connectivity index (χ1v) is 10.4. The summed E-state index contributed by atoms with van der Waals surface area (Å²) in [5.74, 6) is -0.195. The molecule has 7 heteroatoms. The Hall–Kier alpha value is -4.52. The van der Waals surface area contributed by atoms with Crippen molar-refractivity contribution in [1.82, 2.24) is 14.8 Å². The van der Waals surface area contributed by atoms with E-state index in [-0.39, 0.29) is 24.4 Å². The Kier molecular flexibility index (Phi) is 5.51. The summed E-state index contributed by atoms with van der Waals surface area (Å²) in [5.41, 5.74) is 2.01. The minimum absolute atomic E-state index is 0.0768. The Morgan fingerprint density at radius 1 is 0.879 bits per heavy atom. The molecule has 7 nitrogen and oxygen atoms in total. The molecule has 0 aliphatic heterocycles. The highest BCUT2D eigenvalue weighted by molar-refractivity contribution is 6.02. The molecule has 0 spiro atoms. The van der Waals surface area contributed by atoms with Gasteiger partial charge in [0.25, 0.3) is 5.56 Å². The predicted molar refractivity (Wildman–Crippen MR) is 123 cm³/mol. The molecule has 0 aliphatic carbocycles. The average Bonchev–Trinajstić information content (AvgIpc) is 3.35. The van der Waals surface area contributed by atoms with Crippen LogP contribution in [0.25, 0.3) is 22.2 Å². The van der Waals surface area contributed by atoms with Crippen LogP contribution >= 0.6 is 0 Å². The van der Waals surface area contributed by atoms with Gasteiger partial charge in [0, 0.05) is 10.9 Å². The number of hydrogen-bond donors (Lipinski definition) is 0. The Balaban J connectivity index is 1.42. The minimum Gasteiger partial charge on any atom is -0.454 e. The highest BCUT2D eigenvalue weighted by atomic mass is 16.5. The SMILES string of the molecule is O=C(OCc1coc(-c2ccccc2)n1)c1nn(Cc2ccccc2)c(=O)c2ccccc12. The van der Waals surface area contributed by atoms with E-state index in [2.05, 4.69) is 10.1 Å². The third kappa shape index (κ3) is 4.29. The van der Waals surface area contributed by atoms with Gasteiger partial charge in [0.2, 0.25) is 5.89 Å². The number of carbonyl (C=O) groups excluding carboxylic acids is 1. The zero-order valence-electron chi connectivity index (χ0n) is 17.5. The molecule has 0 fully saturated rings. The van der Waals surface area contributed by atoms with E-state index < -0.39 is 5.97 Å². The van der Waals surface area contributed by atoms with Crippen LogP contribution in [-0.4, -0.2) is 20.7 Å². The number of rotatable bonds is 6. The van der Waals surface area contributed by atoms with Crippen LogP contribution in [0.4, 0.5) is 0 Å². The highest BCUT2D eigenvalue weighted by Crippen LogP contribution is 2.19. The highest BCUT2D eigenvalue weighted by Gasteiger charge is 2.19. The zero-order chi connectivity index (χ0) is 22.6. The van der Waals surface area contributed by atoms with Crippen molar-refractivity contribution >= 4 is 16.7 Å². The van der Waals surface area contributed by atoms with Gasteiger partial charge in [-0.3, -0.25) is 4.79 Å². The molecule has 2 heterocycles. The molecule has 5 rings (SSSR count). The molecule has 0 radical (unpaired) electrons.